The molecule has 2 amide bonds. The van der Waals surface area contributed by atoms with E-state index in [0.717, 1.165) is 22.7 Å². The summed E-state index contributed by atoms with van der Waals surface area (Å²) in [5, 5.41) is -0.361. The fraction of sp³-hybridized carbons (Fsp3) is 0.0833. The van der Waals surface area contributed by atoms with Crippen LogP contribution in [0.15, 0.2) is 76.5 Å². The average Bonchev–Trinajstić information content (AvgIpc) is 3.09. The lowest BCUT2D eigenvalue weighted by atomic mass is 10.2. The Morgan fingerprint density at radius 3 is 2.29 bits per heavy atom. The highest BCUT2D eigenvalue weighted by molar-refractivity contribution is 8.18. The van der Waals surface area contributed by atoms with Gasteiger partial charge in [0.25, 0.3) is 11.1 Å². The van der Waals surface area contributed by atoms with Crippen LogP contribution in [0.3, 0.4) is 0 Å². The summed E-state index contributed by atoms with van der Waals surface area (Å²) in [5.41, 5.74) is 1.00. The summed E-state index contributed by atoms with van der Waals surface area (Å²) < 4.78 is 48.4. The Hall–Kier alpha value is -3.34. The van der Waals surface area contributed by atoms with Crippen molar-refractivity contribution in [3.63, 3.8) is 0 Å². The Morgan fingerprint density at radius 2 is 1.66 bits per heavy atom. The Bertz CT molecular complexity index is 1420. The molecule has 0 atom stereocenters. The summed E-state index contributed by atoms with van der Waals surface area (Å²) in [6.07, 6.45) is 1.51. The van der Waals surface area contributed by atoms with Gasteiger partial charge in [0.05, 0.1) is 18.6 Å². The molecule has 1 aliphatic rings. The van der Waals surface area contributed by atoms with Gasteiger partial charge < -0.3 is 8.92 Å². The highest BCUT2D eigenvalue weighted by Crippen LogP contribution is 2.34. The van der Waals surface area contributed by atoms with Gasteiger partial charge in [-0.3, -0.25) is 14.5 Å². The van der Waals surface area contributed by atoms with Crippen molar-refractivity contribution in [2.24, 2.45) is 0 Å². The summed E-state index contributed by atoms with van der Waals surface area (Å²) in [5.74, 6) is -0.435. The van der Waals surface area contributed by atoms with Crippen molar-refractivity contribution >= 4 is 50.7 Å². The van der Waals surface area contributed by atoms with Crippen molar-refractivity contribution in [1.82, 2.24) is 4.90 Å². The smallest absolute Gasteiger partial charge is 0.339 e. The lowest BCUT2D eigenvalue weighted by Gasteiger charge is -2.13. The summed E-state index contributed by atoms with van der Waals surface area (Å²) >= 11 is 6.78. The van der Waals surface area contributed by atoms with Gasteiger partial charge in [-0.15, -0.1) is 0 Å². The van der Waals surface area contributed by atoms with Crippen LogP contribution in [-0.4, -0.2) is 31.6 Å². The number of rotatable bonds is 7. The number of imide groups is 1. The van der Waals surface area contributed by atoms with Crippen molar-refractivity contribution in [1.29, 1.82) is 0 Å². The van der Waals surface area contributed by atoms with E-state index < -0.39 is 27.1 Å². The van der Waals surface area contributed by atoms with E-state index in [0.29, 0.717) is 16.9 Å². The van der Waals surface area contributed by atoms with E-state index in [1.807, 2.05) is 0 Å². The zero-order valence-corrected chi connectivity index (χ0v) is 20.5. The molecule has 0 unspecified atom stereocenters. The van der Waals surface area contributed by atoms with Gasteiger partial charge in [-0.2, -0.15) is 8.42 Å². The van der Waals surface area contributed by atoms with Crippen molar-refractivity contribution in [3.05, 3.63) is 93.6 Å². The minimum atomic E-state index is -4.05. The van der Waals surface area contributed by atoms with Gasteiger partial charge in [-0.05, 0) is 77.5 Å². The second-order valence-electron chi connectivity index (χ2n) is 7.29. The molecule has 1 heterocycles. The predicted molar refractivity (Wildman–Crippen MR) is 130 cm³/mol. The van der Waals surface area contributed by atoms with Gasteiger partial charge in [-0.1, -0.05) is 29.8 Å². The van der Waals surface area contributed by atoms with Crippen molar-refractivity contribution in [2.45, 2.75) is 11.4 Å². The highest BCUT2D eigenvalue weighted by Gasteiger charge is 2.35. The molecule has 7 nitrogen and oxygen atoms in total. The molecule has 3 aromatic carbocycles. The molecule has 0 bridgehead atoms. The molecule has 3 aromatic rings. The van der Waals surface area contributed by atoms with E-state index in [1.165, 1.54) is 61.7 Å². The molecule has 0 spiro atoms. The molecule has 1 aliphatic heterocycles. The van der Waals surface area contributed by atoms with E-state index in [2.05, 4.69) is 0 Å². The molecule has 0 N–H and O–H groups in total. The lowest BCUT2D eigenvalue weighted by Crippen LogP contribution is -2.27. The molecule has 11 heteroatoms. The number of nitrogens with zero attached hydrogens (tertiary/aromatic N) is 1. The van der Waals surface area contributed by atoms with Crippen LogP contribution in [0, 0.1) is 5.82 Å². The molecule has 0 saturated carbocycles. The number of halogens is 2. The number of ether oxygens (including phenoxy) is 1. The van der Waals surface area contributed by atoms with Gasteiger partial charge in [0.15, 0.2) is 0 Å². The van der Waals surface area contributed by atoms with E-state index >= 15 is 0 Å². The molecule has 1 saturated heterocycles. The second kappa shape index (κ2) is 10.1. The molecule has 0 aromatic heterocycles. The van der Waals surface area contributed by atoms with E-state index in [-0.39, 0.29) is 27.1 Å². The Kier molecular flexibility index (Phi) is 7.15. The lowest BCUT2D eigenvalue weighted by molar-refractivity contribution is -0.123. The fourth-order valence-corrected chi connectivity index (χ4v) is 5.14. The first-order valence-electron chi connectivity index (χ1n) is 10.0. The number of carbonyl (C=O) groups excluding carboxylic acids is 2. The third-order valence-corrected chi connectivity index (χ3v) is 7.47. The normalized spacial score (nSPS) is 15.1. The number of hydrogen-bond donors (Lipinski definition) is 0. The number of amides is 2. The molecule has 35 heavy (non-hydrogen) atoms. The molecular weight excluding hydrogens is 517 g/mol. The standard InChI is InChI=1S/C24H17ClFNO6S2/c1-32-18-8-10-20(11-9-18)35(30,31)33-19-6-2-15(3-7-19)12-22-23(28)27(24(29)34-22)14-16-4-5-17(26)13-21(16)25/h2-13H,14H2,1H3/b22-12-. The van der Waals surface area contributed by atoms with E-state index in [1.54, 1.807) is 12.1 Å². The number of carbonyl (C=O) groups is 2. The molecule has 0 radical (unpaired) electrons. The quantitative estimate of drug-likeness (QED) is 0.293. The second-order valence-corrected chi connectivity index (χ2v) is 10.2. The topological polar surface area (TPSA) is 90.0 Å². The van der Waals surface area contributed by atoms with Crippen LogP contribution in [0.4, 0.5) is 9.18 Å². The number of hydrogen-bond acceptors (Lipinski definition) is 7. The Balaban J connectivity index is 1.46. The van der Waals surface area contributed by atoms with Gasteiger partial charge in [0, 0.05) is 5.02 Å². The van der Waals surface area contributed by atoms with Crippen LogP contribution >= 0.6 is 23.4 Å². The zero-order chi connectivity index (χ0) is 25.2. The monoisotopic (exact) mass is 533 g/mol. The van der Waals surface area contributed by atoms with Crippen LogP contribution in [0.1, 0.15) is 11.1 Å². The van der Waals surface area contributed by atoms with Gasteiger partial charge in [0.1, 0.15) is 22.2 Å². The zero-order valence-electron chi connectivity index (χ0n) is 18.1. The maximum absolute atomic E-state index is 13.3. The average molecular weight is 534 g/mol. The summed E-state index contributed by atoms with van der Waals surface area (Å²) in [6.45, 7) is -0.0862. The first kappa shape index (κ1) is 24.8. The Labute approximate surface area is 210 Å². The third-order valence-electron chi connectivity index (χ3n) is 4.95. The summed E-state index contributed by atoms with van der Waals surface area (Å²) in [6, 6.07) is 15.5. The molecular formula is C24H17ClFNO6S2. The maximum Gasteiger partial charge on any atom is 0.339 e. The minimum Gasteiger partial charge on any atom is -0.497 e. The maximum atomic E-state index is 13.3. The molecule has 4 rings (SSSR count). The van der Waals surface area contributed by atoms with Crippen LogP contribution in [0.2, 0.25) is 5.02 Å². The predicted octanol–water partition coefficient (Wildman–Crippen LogP) is 5.49. The van der Waals surface area contributed by atoms with Crippen LogP contribution in [-0.2, 0) is 21.5 Å². The molecule has 180 valence electrons. The van der Waals surface area contributed by atoms with Gasteiger partial charge >= 0.3 is 10.1 Å². The fourth-order valence-electron chi connectivity index (χ4n) is 3.14. The largest absolute Gasteiger partial charge is 0.497 e. The van der Waals surface area contributed by atoms with Crippen LogP contribution in [0.25, 0.3) is 6.08 Å². The number of methoxy groups -OCH3 is 1. The first-order chi connectivity index (χ1) is 16.7. The third kappa shape index (κ3) is 5.67. The van der Waals surface area contributed by atoms with Crippen molar-refractivity contribution < 1.29 is 31.3 Å². The van der Waals surface area contributed by atoms with Gasteiger partial charge in [-0.25, -0.2) is 4.39 Å². The molecule has 0 aliphatic carbocycles. The number of benzene rings is 3. The number of thioether (sulfide) groups is 1. The molecule has 1 fully saturated rings. The highest BCUT2D eigenvalue weighted by atomic mass is 35.5. The summed E-state index contributed by atoms with van der Waals surface area (Å²) in [7, 11) is -2.57. The van der Waals surface area contributed by atoms with Crippen LogP contribution < -0.4 is 8.92 Å². The first-order valence-corrected chi connectivity index (χ1v) is 12.6. The van der Waals surface area contributed by atoms with Gasteiger partial charge in [0.2, 0.25) is 0 Å². The summed E-state index contributed by atoms with van der Waals surface area (Å²) in [4.78, 5) is 26.3. The van der Waals surface area contributed by atoms with Crippen LogP contribution in [0.5, 0.6) is 11.5 Å². The van der Waals surface area contributed by atoms with E-state index in [4.69, 9.17) is 20.5 Å². The Morgan fingerprint density at radius 1 is 1.00 bits per heavy atom. The SMILES string of the molecule is COc1ccc(S(=O)(=O)Oc2ccc(/C=C3\SC(=O)N(Cc4ccc(F)cc4Cl)C3=O)cc2)cc1. The van der Waals surface area contributed by atoms with Crippen molar-refractivity contribution in [3.8, 4) is 11.5 Å². The van der Waals surface area contributed by atoms with E-state index in [9.17, 15) is 22.4 Å². The minimum absolute atomic E-state index is 0.0303. The van der Waals surface area contributed by atoms with Crippen molar-refractivity contribution in [2.75, 3.05) is 7.11 Å².